The number of carbonyl (C=O) groups excluding carboxylic acids is 1. The van der Waals surface area contributed by atoms with E-state index < -0.39 is 11.9 Å². The van der Waals surface area contributed by atoms with Gasteiger partial charge in [-0.3, -0.25) is 9.59 Å². The van der Waals surface area contributed by atoms with E-state index in [2.05, 4.69) is 13.5 Å². The zero-order valence-corrected chi connectivity index (χ0v) is 11.8. The van der Waals surface area contributed by atoms with Crippen molar-refractivity contribution in [3.05, 3.63) is 12.2 Å². The van der Waals surface area contributed by atoms with E-state index in [0.717, 1.165) is 31.0 Å². The molecule has 3 nitrogen and oxygen atoms in total. The van der Waals surface area contributed by atoms with E-state index in [0.29, 0.717) is 0 Å². The summed E-state index contributed by atoms with van der Waals surface area (Å²) in [5.41, 5.74) is 0.267. The number of carboxylic acid groups (broad SMARTS) is 1. The van der Waals surface area contributed by atoms with Crippen molar-refractivity contribution in [2.75, 3.05) is 0 Å². The molecule has 1 fully saturated rings. The van der Waals surface area contributed by atoms with E-state index in [4.69, 9.17) is 5.11 Å². The topological polar surface area (TPSA) is 54.4 Å². The summed E-state index contributed by atoms with van der Waals surface area (Å²) in [5.74, 6) is -1.58. The zero-order valence-electron chi connectivity index (χ0n) is 11.0. The third kappa shape index (κ3) is 4.16. The molecule has 0 spiro atoms. The van der Waals surface area contributed by atoms with Gasteiger partial charge in [0.05, 0.1) is 5.92 Å². The van der Waals surface area contributed by atoms with Crippen molar-refractivity contribution in [2.24, 2.45) is 5.92 Å². The van der Waals surface area contributed by atoms with Gasteiger partial charge in [-0.25, -0.2) is 0 Å². The maximum absolute atomic E-state index is 11.5. The molecule has 0 unspecified atom stereocenters. The van der Waals surface area contributed by atoms with Crippen molar-refractivity contribution in [3.63, 3.8) is 0 Å². The minimum atomic E-state index is -0.908. The standard InChI is InChI=1S/C14H22O3S/c1-3-4-5-6-7-8-9-11-12(13(15)16)10(2)14(17)18-11/h11-12H,2-9H2,1H3,(H,15,16)/t11-,12+/m0/s1. The number of unbranched alkanes of at least 4 members (excludes halogenated alkanes) is 5. The van der Waals surface area contributed by atoms with Gasteiger partial charge in [-0.05, 0) is 6.42 Å². The lowest BCUT2D eigenvalue weighted by molar-refractivity contribution is -0.140. The molecule has 0 aliphatic carbocycles. The highest BCUT2D eigenvalue weighted by Crippen LogP contribution is 2.40. The van der Waals surface area contributed by atoms with E-state index >= 15 is 0 Å². The minimum absolute atomic E-state index is 0.103. The Labute approximate surface area is 113 Å². The third-order valence-electron chi connectivity index (χ3n) is 3.38. The Morgan fingerprint density at radius 1 is 1.28 bits per heavy atom. The lowest BCUT2D eigenvalue weighted by atomic mass is 9.94. The number of rotatable bonds is 8. The number of carbonyl (C=O) groups is 2. The van der Waals surface area contributed by atoms with Crippen molar-refractivity contribution in [1.29, 1.82) is 0 Å². The summed E-state index contributed by atoms with van der Waals surface area (Å²) in [4.78, 5) is 22.6. The van der Waals surface area contributed by atoms with Crippen LogP contribution in [0.1, 0.15) is 51.9 Å². The Balaban J connectivity index is 2.30. The van der Waals surface area contributed by atoms with Gasteiger partial charge in [0.1, 0.15) is 0 Å². The smallest absolute Gasteiger partial charge is 0.312 e. The molecular weight excluding hydrogens is 248 g/mol. The number of hydrogen-bond donors (Lipinski definition) is 1. The second-order valence-corrected chi connectivity index (χ2v) is 6.05. The van der Waals surface area contributed by atoms with E-state index in [1.54, 1.807) is 0 Å². The first-order valence-electron chi connectivity index (χ1n) is 6.70. The molecule has 1 heterocycles. The highest BCUT2D eigenvalue weighted by molar-refractivity contribution is 8.15. The molecule has 102 valence electrons. The normalized spacial score (nSPS) is 23.6. The molecule has 1 N–H and O–H groups in total. The van der Waals surface area contributed by atoms with Crippen LogP contribution < -0.4 is 0 Å². The van der Waals surface area contributed by atoms with E-state index in [1.165, 1.54) is 25.7 Å². The molecule has 0 saturated carbocycles. The molecule has 1 saturated heterocycles. The van der Waals surface area contributed by atoms with Gasteiger partial charge >= 0.3 is 5.97 Å². The second-order valence-electron chi connectivity index (χ2n) is 4.84. The molecule has 18 heavy (non-hydrogen) atoms. The average molecular weight is 270 g/mol. The van der Waals surface area contributed by atoms with Crippen LogP contribution in [0.25, 0.3) is 0 Å². The van der Waals surface area contributed by atoms with Crippen molar-refractivity contribution in [3.8, 4) is 0 Å². The number of carboxylic acids is 1. The average Bonchev–Trinajstić information content (AvgIpc) is 2.59. The number of thioether (sulfide) groups is 1. The first-order chi connectivity index (χ1) is 8.57. The van der Waals surface area contributed by atoms with Crippen molar-refractivity contribution in [2.45, 2.75) is 57.1 Å². The van der Waals surface area contributed by atoms with Gasteiger partial charge in [-0.15, -0.1) is 0 Å². The molecule has 0 aromatic heterocycles. The van der Waals surface area contributed by atoms with E-state index in [1.807, 2.05) is 0 Å². The van der Waals surface area contributed by atoms with Crippen LogP contribution >= 0.6 is 11.8 Å². The van der Waals surface area contributed by atoms with Crippen LogP contribution in [0.3, 0.4) is 0 Å². The van der Waals surface area contributed by atoms with Crippen LogP contribution in [0, 0.1) is 5.92 Å². The molecule has 2 atom stereocenters. The fourth-order valence-electron chi connectivity index (χ4n) is 2.29. The summed E-state index contributed by atoms with van der Waals surface area (Å²) >= 11 is 1.16. The maximum Gasteiger partial charge on any atom is 0.312 e. The molecule has 0 aromatic rings. The first-order valence-corrected chi connectivity index (χ1v) is 7.58. The molecule has 0 radical (unpaired) electrons. The highest BCUT2D eigenvalue weighted by atomic mass is 32.2. The lowest BCUT2D eigenvalue weighted by Gasteiger charge is -2.13. The monoisotopic (exact) mass is 270 g/mol. The molecule has 0 amide bonds. The predicted molar refractivity (Wildman–Crippen MR) is 74.6 cm³/mol. The van der Waals surface area contributed by atoms with Gasteiger partial charge in [-0.2, -0.15) is 0 Å². The second kappa shape index (κ2) is 7.62. The van der Waals surface area contributed by atoms with Gasteiger partial charge in [0.2, 0.25) is 5.12 Å². The highest BCUT2D eigenvalue weighted by Gasteiger charge is 2.41. The Morgan fingerprint density at radius 2 is 1.89 bits per heavy atom. The quantitative estimate of drug-likeness (QED) is 0.540. The van der Waals surface area contributed by atoms with Crippen molar-refractivity contribution in [1.82, 2.24) is 0 Å². The summed E-state index contributed by atoms with van der Waals surface area (Å²) in [7, 11) is 0. The fraction of sp³-hybridized carbons (Fsp3) is 0.714. The molecule has 1 aliphatic rings. The molecule has 0 aromatic carbocycles. The van der Waals surface area contributed by atoms with Gasteiger partial charge in [0.25, 0.3) is 0 Å². The number of aliphatic carboxylic acids is 1. The zero-order chi connectivity index (χ0) is 13.5. The largest absolute Gasteiger partial charge is 0.481 e. The summed E-state index contributed by atoms with van der Waals surface area (Å²) in [5, 5.41) is 8.87. The van der Waals surface area contributed by atoms with Crippen molar-refractivity contribution >= 4 is 22.8 Å². The van der Waals surface area contributed by atoms with Crippen LogP contribution in [0.2, 0.25) is 0 Å². The Kier molecular flexibility index (Phi) is 6.47. The summed E-state index contributed by atoms with van der Waals surface area (Å²) in [6.07, 6.45) is 7.90. The Hall–Kier alpha value is -0.770. The molecule has 1 aliphatic heterocycles. The van der Waals surface area contributed by atoms with Gasteiger partial charge in [0.15, 0.2) is 0 Å². The minimum Gasteiger partial charge on any atom is -0.481 e. The van der Waals surface area contributed by atoms with E-state index in [9.17, 15) is 9.59 Å². The van der Waals surface area contributed by atoms with Crippen LogP contribution in [0.4, 0.5) is 0 Å². The summed E-state index contributed by atoms with van der Waals surface area (Å²) in [6, 6.07) is 0. The Morgan fingerprint density at radius 3 is 2.50 bits per heavy atom. The summed E-state index contributed by atoms with van der Waals surface area (Å²) in [6.45, 7) is 5.79. The van der Waals surface area contributed by atoms with Crippen molar-refractivity contribution < 1.29 is 14.7 Å². The van der Waals surface area contributed by atoms with Gasteiger partial charge in [-0.1, -0.05) is 63.8 Å². The van der Waals surface area contributed by atoms with Crippen LogP contribution in [-0.2, 0) is 9.59 Å². The Bertz CT molecular complexity index is 325. The maximum atomic E-state index is 11.5. The summed E-state index contributed by atoms with van der Waals surface area (Å²) < 4.78 is 0. The molecular formula is C14H22O3S. The molecule has 0 bridgehead atoms. The van der Waals surface area contributed by atoms with Crippen LogP contribution in [0.5, 0.6) is 0 Å². The predicted octanol–water partition coefficient (Wildman–Crippen LogP) is 3.64. The van der Waals surface area contributed by atoms with Gasteiger partial charge < -0.3 is 5.11 Å². The fourth-order valence-corrected chi connectivity index (χ4v) is 3.55. The van der Waals surface area contributed by atoms with E-state index in [-0.39, 0.29) is 15.9 Å². The first kappa shape index (κ1) is 15.3. The van der Waals surface area contributed by atoms with Crippen LogP contribution in [0.15, 0.2) is 12.2 Å². The molecule has 4 heteroatoms. The molecule has 1 rings (SSSR count). The lowest BCUT2D eigenvalue weighted by Crippen LogP contribution is -2.22. The number of hydrogen-bond acceptors (Lipinski definition) is 3. The third-order valence-corrected chi connectivity index (χ3v) is 4.66. The SMILES string of the molecule is C=C1C(=O)S[C@@H](CCCCCCCC)[C@@H]1C(=O)O. The van der Waals surface area contributed by atoms with Gasteiger partial charge in [0, 0.05) is 10.8 Å². The van der Waals surface area contributed by atoms with Crippen LogP contribution in [-0.4, -0.2) is 21.4 Å².